The molecule has 5 N–H and O–H groups in total. The van der Waals surface area contributed by atoms with Crippen molar-refractivity contribution in [3.8, 4) is 11.5 Å². The molecule has 3 aromatic rings. The van der Waals surface area contributed by atoms with Crippen molar-refractivity contribution >= 4 is 55.8 Å². The predicted molar refractivity (Wildman–Crippen MR) is 130 cm³/mol. The second-order valence-corrected chi connectivity index (χ2v) is 9.42. The summed E-state index contributed by atoms with van der Waals surface area (Å²) in [6, 6.07) is 12.1. The van der Waals surface area contributed by atoms with Gasteiger partial charge in [-0.1, -0.05) is 13.0 Å². The van der Waals surface area contributed by atoms with Crippen LogP contribution in [0.4, 0.5) is 25.8 Å². The van der Waals surface area contributed by atoms with Gasteiger partial charge in [0.25, 0.3) is 16.1 Å². The van der Waals surface area contributed by atoms with Crippen LogP contribution in [0, 0.1) is 15.2 Å². The van der Waals surface area contributed by atoms with E-state index in [0.717, 1.165) is 12.1 Å². The SMILES string of the molecule is CCNS(=O)(=O)Nc1cccc(Oc2cc(F)cc(Nc3ccc(I)cc3F)c2C(N)=O)c1. The molecule has 0 bridgehead atoms. The van der Waals surface area contributed by atoms with Crippen molar-refractivity contribution in [3.63, 3.8) is 0 Å². The van der Waals surface area contributed by atoms with Crippen molar-refractivity contribution < 1.29 is 26.7 Å². The molecule has 0 heterocycles. The van der Waals surface area contributed by atoms with Gasteiger partial charge in [-0.05, 0) is 59.0 Å². The molecule has 0 fully saturated rings. The number of halogens is 3. The average molecular weight is 588 g/mol. The third-order valence-corrected chi connectivity index (χ3v) is 6.01. The van der Waals surface area contributed by atoms with E-state index in [1.807, 2.05) is 22.6 Å². The zero-order valence-electron chi connectivity index (χ0n) is 17.2. The fourth-order valence-corrected chi connectivity index (χ4v) is 4.22. The summed E-state index contributed by atoms with van der Waals surface area (Å²) in [6.45, 7) is 1.81. The molecule has 33 heavy (non-hydrogen) atoms. The van der Waals surface area contributed by atoms with Crippen LogP contribution in [0.15, 0.2) is 54.6 Å². The van der Waals surface area contributed by atoms with Crippen LogP contribution in [0.3, 0.4) is 0 Å². The van der Waals surface area contributed by atoms with Crippen molar-refractivity contribution in [1.29, 1.82) is 0 Å². The minimum absolute atomic E-state index is 0.00861. The third kappa shape index (κ3) is 6.52. The molecule has 0 atom stereocenters. The summed E-state index contributed by atoms with van der Waals surface area (Å²) in [7, 11) is -3.79. The molecule has 3 aromatic carbocycles. The molecule has 0 aliphatic carbocycles. The molecular formula is C21H19F2IN4O4S. The van der Waals surface area contributed by atoms with E-state index in [-0.39, 0.29) is 40.7 Å². The van der Waals surface area contributed by atoms with Gasteiger partial charge in [0.05, 0.1) is 17.1 Å². The van der Waals surface area contributed by atoms with E-state index in [0.29, 0.717) is 3.57 Å². The Morgan fingerprint density at radius 3 is 2.52 bits per heavy atom. The van der Waals surface area contributed by atoms with Crippen LogP contribution in [0.2, 0.25) is 0 Å². The van der Waals surface area contributed by atoms with Gasteiger partial charge in [-0.2, -0.15) is 13.1 Å². The molecule has 174 valence electrons. The van der Waals surface area contributed by atoms with Crippen LogP contribution >= 0.6 is 22.6 Å². The van der Waals surface area contributed by atoms with Gasteiger partial charge >= 0.3 is 0 Å². The Bertz CT molecular complexity index is 1310. The van der Waals surface area contributed by atoms with Gasteiger partial charge in [0.1, 0.15) is 28.7 Å². The second-order valence-electron chi connectivity index (χ2n) is 6.67. The first-order valence-corrected chi connectivity index (χ1v) is 12.0. The lowest BCUT2D eigenvalue weighted by molar-refractivity contribution is 0.0999. The zero-order chi connectivity index (χ0) is 24.2. The Balaban J connectivity index is 1.97. The molecule has 0 spiro atoms. The topological polar surface area (TPSA) is 123 Å². The van der Waals surface area contributed by atoms with Gasteiger partial charge in [-0.15, -0.1) is 0 Å². The molecule has 0 saturated carbocycles. The Labute approximate surface area is 202 Å². The second kappa shape index (κ2) is 10.3. The quantitative estimate of drug-likeness (QED) is 0.275. The maximum Gasteiger partial charge on any atom is 0.299 e. The van der Waals surface area contributed by atoms with Crippen LogP contribution in [0.5, 0.6) is 11.5 Å². The van der Waals surface area contributed by atoms with Gasteiger partial charge < -0.3 is 15.8 Å². The number of primary amides is 1. The van der Waals surface area contributed by atoms with Crippen molar-refractivity contribution in [2.45, 2.75) is 6.92 Å². The molecule has 0 aliphatic rings. The highest BCUT2D eigenvalue weighted by atomic mass is 127. The van der Waals surface area contributed by atoms with E-state index < -0.39 is 27.8 Å². The summed E-state index contributed by atoms with van der Waals surface area (Å²) in [5.41, 5.74) is 5.37. The molecule has 0 radical (unpaired) electrons. The molecular weight excluding hydrogens is 569 g/mol. The summed E-state index contributed by atoms with van der Waals surface area (Å²) in [4.78, 5) is 12.2. The number of ether oxygens (including phenoxy) is 1. The Morgan fingerprint density at radius 2 is 1.85 bits per heavy atom. The van der Waals surface area contributed by atoms with Gasteiger partial charge in [0.2, 0.25) is 0 Å². The van der Waals surface area contributed by atoms with E-state index in [1.54, 1.807) is 13.0 Å². The molecule has 0 saturated heterocycles. The average Bonchev–Trinajstić information content (AvgIpc) is 2.69. The van der Waals surface area contributed by atoms with Gasteiger partial charge in [-0.25, -0.2) is 8.78 Å². The fourth-order valence-electron chi connectivity index (χ4n) is 2.88. The van der Waals surface area contributed by atoms with E-state index in [9.17, 15) is 22.0 Å². The van der Waals surface area contributed by atoms with Crippen LogP contribution in [-0.2, 0) is 10.2 Å². The van der Waals surface area contributed by atoms with Gasteiger partial charge in [-0.3, -0.25) is 9.52 Å². The Hall–Kier alpha value is -2.97. The molecule has 0 unspecified atom stereocenters. The number of nitrogens with one attached hydrogen (secondary N) is 3. The van der Waals surface area contributed by atoms with E-state index in [2.05, 4.69) is 14.8 Å². The lowest BCUT2D eigenvalue weighted by atomic mass is 10.1. The zero-order valence-corrected chi connectivity index (χ0v) is 20.1. The van der Waals surface area contributed by atoms with E-state index in [4.69, 9.17) is 10.5 Å². The standard InChI is InChI=1S/C21H19F2IN4O4S/c1-2-26-33(30,31)28-14-4-3-5-15(11-14)32-19-9-12(22)8-18(20(19)21(25)29)27-17-7-6-13(24)10-16(17)23/h3-11,26-28H,2H2,1H3,(H2,25,29). The number of hydrogen-bond donors (Lipinski definition) is 4. The van der Waals surface area contributed by atoms with Crippen LogP contribution in [0.1, 0.15) is 17.3 Å². The molecule has 12 heteroatoms. The molecule has 1 amide bonds. The van der Waals surface area contributed by atoms with Gasteiger partial charge in [0, 0.05) is 22.2 Å². The summed E-state index contributed by atoms with van der Waals surface area (Å²) in [6.07, 6.45) is 0. The lowest BCUT2D eigenvalue weighted by Crippen LogP contribution is -2.29. The number of hydrogen-bond acceptors (Lipinski definition) is 5. The van der Waals surface area contributed by atoms with E-state index in [1.165, 1.54) is 36.4 Å². The normalized spacial score (nSPS) is 11.2. The first-order chi connectivity index (χ1) is 15.6. The molecule has 8 nitrogen and oxygen atoms in total. The number of carbonyl (C=O) groups is 1. The first kappa shape index (κ1) is 24.7. The van der Waals surface area contributed by atoms with Crippen molar-refractivity contribution in [3.05, 3.63) is 75.4 Å². The number of anilines is 3. The smallest absolute Gasteiger partial charge is 0.299 e. The van der Waals surface area contributed by atoms with Crippen LogP contribution in [-0.4, -0.2) is 20.9 Å². The maximum absolute atomic E-state index is 14.4. The number of carbonyl (C=O) groups excluding carboxylic acids is 1. The van der Waals surface area contributed by atoms with Crippen molar-refractivity contribution in [2.24, 2.45) is 5.73 Å². The van der Waals surface area contributed by atoms with Crippen LogP contribution in [0.25, 0.3) is 0 Å². The molecule has 3 rings (SSSR count). The highest BCUT2D eigenvalue weighted by molar-refractivity contribution is 14.1. The van der Waals surface area contributed by atoms with Gasteiger partial charge in [0.15, 0.2) is 0 Å². The van der Waals surface area contributed by atoms with Crippen molar-refractivity contribution in [2.75, 3.05) is 16.6 Å². The summed E-state index contributed by atoms with van der Waals surface area (Å²) in [5, 5.41) is 2.67. The lowest BCUT2D eigenvalue weighted by Gasteiger charge is -2.16. The number of rotatable bonds is 9. The minimum atomic E-state index is -3.79. The first-order valence-electron chi connectivity index (χ1n) is 9.48. The van der Waals surface area contributed by atoms with Crippen LogP contribution < -0.4 is 25.2 Å². The van der Waals surface area contributed by atoms with Crippen molar-refractivity contribution in [1.82, 2.24) is 4.72 Å². The number of benzene rings is 3. The molecule has 0 aliphatic heterocycles. The number of amides is 1. The Morgan fingerprint density at radius 1 is 1.09 bits per heavy atom. The molecule has 0 aromatic heterocycles. The fraction of sp³-hybridized carbons (Fsp3) is 0.0952. The summed E-state index contributed by atoms with van der Waals surface area (Å²) in [5.74, 6) is -2.45. The minimum Gasteiger partial charge on any atom is -0.456 e. The summed E-state index contributed by atoms with van der Waals surface area (Å²) < 4.78 is 63.4. The monoisotopic (exact) mass is 588 g/mol. The number of nitrogens with two attached hydrogens (primary N) is 1. The Kier molecular flexibility index (Phi) is 7.71. The largest absolute Gasteiger partial charge is 0.456 e. The maximum atomic E-state index is 14.4. The van der Waals surface area contributed by atoms with E-state index >= 15 is 0 Å². The highest BCUT2D eigenvalue weighted by Crippen LogP contribution is 2.35. The third-order valence-electron chi connectivity index (χ3n) is 4.16. The predicted octanol–water partition coefficient (Wildman–Crippen LogP) is 4.47. The summed E-state index contributed by atoms with van der Waals surface area (Å²) >= 11 is 1.94. The highest BCUT2D eigenvalue weighted by Gasteiger charge is 2.20.